The fourth-order valence-electron chi connectivity index (χ4n) is 2.87. The number of benzene rings is 2. The molecule has 2 N–H and O–H groups in total. The van der Waals surface area contributed by atoms with E-state index in [-0.39, 0.29) is 5.82 Å². The quantitative estimate of drug-likeness (QED) is 0.744. The van der Waals surface area contributed by atoms with Crippen LogP contribution in [0.1, 0.15) is 30.3 Å². The maximum Gasteiger partial charge on any atom is 0.125 e. The second-order valence-corrected chi connectivity index (χ2v) is 5.68. The Labute approximate surface area is 122 Å². The molecule has 0 spiro atoms. The number of aromatic nitrogens is 2. The van der Waals surface area contributed by atoms with Crippen molar-refractivity contribution in [3.8, 4) is 0 Å². The second-order valence-electron chi connectivity index (χ2n) is 5.68. The first-order valence-electron chi connectivity index (χ1n) is 7.21. The Morgan fingerprint density at radius 3 is 2.81 bits per heavy atom. The summed E-state index contributed by atoms with van der Waals surface area (Å²) in [4.78, 5) is 4.64. The van der Waals surface area contributed by atoms with Crippen LogP contribution in [0.25, 0.3) is 11.0 Å². The molecule has 21 heavy (non-hydrogen) atoms. The lowest BCUT2D eigenvalue weighted by atomic mass is 10.1. The first-order valence-corrected chi connectivity index (χ1v) is 7.21. The van der Waals surface area contributed by atoms with Gasteiger partial charge in [0, 0.05) is 24.2 Å². The Balaban J connectivity index is 1.82. The van der Waals surface area contributed by atoms with E-state index >= 15 is 0 Å². The van der Waals surface area contributed by atoms with Gasteiger partial charge in [0.05, 0.1) is 11.0 Å². The van der Waals surface area contributed by atoms with Crippen LogP contribution in [-0.2, 0) is 6.42 Å². The van der Waals surface area contributed by atoms with Crippen molar-refractivity contribution in [2.75, 3.05) is 5.73 Å². The molecule has 0 amide bonds. The van der Waals surface area contributed by atoms with Crippen molar-refractivity contribution in [1.29, 1.82) is 0 Å². The van der Waals surface area contributed by atoms with Gasteiger partial charge in [-0.3, -0.25) is 0 Å². The standard InChI is InChI=1S/C17H16FN3/c18-12-4-7-16-15(10-12)20-17(21(16)14-5-6-14)9-11-2-1-3-13(19)8-11/h1-4,7-8,10,14H,5-6,9,19H2. The van der Waals surface area contributed by atoms with Gasteiger partial charge in [-0.25, -0.2) is 9.37 Å². The summed E-state index contributed by atoms with van der Waals surface area (Å²) >= 11 is 0. The number of hydrogen-bond acceptors (Lipinski definition) is 2. The van der Waals surface area contributed by atoms with E-state index in [1.165, 1.54) is 25.0 Å². The van der Waals surface area contributed by atoms with Gasteiger partial charge in [-0.2, -0.15) is 0 Å². The summed E-state index contributed by atoms with van der Waals surface area (Å²) in [6, 6.07) is 13.2. The molecule has 0 radical (unpaired) electrons. The molecular weight excluding hydrogens is 265 g/mol. The number of nitrogens with two attached hydrogens (primary N) is 1. The van der Waals surface area contributed by atoms with Crippen molar-refractivity contribution in [2.24, 2.45) is 0 Å². The Bertz CT molecular complexity index is 818. The van der Waals surface area contributed by atoms with Crippen LogP contribution in [0.3, 0.4) is 0 Å². The highest BCUT2D eigenvalue weighted by Crippen LogP contribution is 2.39. The van der Waals surface area contributed by atoms with Crippen LogP contribution < -0.4 is 5.73 Å². The summed E-state index contributed by atoms with van der Waals surface area (Å²) in [5.41, 5.74) is 9.49. The molecule has 106 valence electrons. The monoisotopic (exact) mass is 281 g/mol. The minimum atomic E-state index is -0.238. The van der Waals surface area contributed by atoms with Crippen LogP contribution in [0.15, 0.2) is 42.5 Å². The van der Waals surface area contributed by atoms with E-state index in [4.69, 9.17) is 5.73 Å². The maximum absolute atomic E-state index is 13.4. The van der Waals surface area contributed by atoms with Gasteiger partial charge in [0.15, 0.2) is 0 Å². The SMILES string of the molecule is Nc1cccc(Cc2nc3cc(F)ccc3n2C2CC2)c1. The lowest BCUT2D eigenvalue weighted by Gasteiger charge is -2.08. The highest BCUT2D eigenvalue weighted by Gasteiger charge is 2.28. The average Bonchev–Trinajstić information content (AvgIpc) is 3.21. The van der Waals surface area contributed by atoms with Crippen molar-refractivity contribution in [1.82, 2.24) is 9.55 Å². The van der Waals surface area contributed by atoms with E-state index in [1.807, 2.05) is 30.3 Å². The summed E-state index contributed by atoms with van der Waals surface area (Å²) in [7, 11) is 0. The van der Waals surface area contributed by atoms with Crippen LogP contribution in [0.2, 0.25) is 0 Å². The molecule has 1 aliphatic carbocycles. The molecule has 3 nitrogen and oxygen atoms in total. The summed E-state index contributed by atoms with van der Waals surface area (Å²) in [6.07, 6.45) is 3.07. The zero-order valence-corrected chi connectivity index (χ0v) is 11.6. The predicted octanol–water partition coefficient (Wildman–Crippen LogP) is 3.68. The normalized spacial score (nSPS) is 14.7. The maximum atomic E-state index is 13.4. The third kappa shape index (κ3) is 2.27. The van der Waals surface area contributed by atoms with Crippen molar-refractivity contribution >= 4 is 16.7 Å². The summed E-state index contributed by atoms with van der Waals surface area (Å²) in [6.45, 7) is 0. The zero-order chi connectivity index (χ0) is 14.4. The van der Waals surface area contributed by atoms with E-state index in [2.05, 4.69) is 9.55 Å². The van der Waals surface area contributed by atoms with Gasteiger partial charge >= 0.3 is 0 Å². The van der Waals surface area contributed by atoms with Gasteiger partial charge in [0.25, 0.3) is 0 Å². The smallest absolute Gasteiger partial charge is 0.125 e. The van der Waals surface area contributed by atoms with E-state index in [0.29, 0.717) is 6.04 Å². The number of halogens is 1. The van der Waals surface area contributed by atoms with Crippen LogP contribution in [0.5, 0.6) is 0 Å². The molecule has 2 aromatic carbocycles. The van der Waals surface area contributed by atoms with Crippen LogP contribution >= 0.6 is 0 Å². The van der Waals surface area contributed by atoms with Crippen LogP contribution in [-0.4, -0.2) is 9.55 Å². The molecule has 4 heteroatoms. The number of fused-ring (bicyclic) bond motifs is 1. The highest BCUT2D eigenvalue weighted by atomic mass is 19.1. The summed E-state index contributed by atoms with van der Waals surface area (Å²) in [5.74, 6) is 0.752. The van der Waals surface area contributed by atoms with E-state index < -0.39 is 0 Å². The molecule has 4 rings (SSSR count). The van der Waals surface area contributed by atoms with Gasteiger partial charge < -0.3 is 10.3 Å². The summed E-state index contributed by atoms with van der Waals surface area (Å²) in [5, 5.41) is 0. The van der Waals surface area contributed by atoms with E-state index in [0.717, 1.165) is 34.5 Å². The minimum absolute atomic E-state index is 0.238. The van der Waals surface area contributed by atoms with Crippen molar-refractivity contribution in [3.63, 3.8) is 0 Å². The van der Waals surface area contributed by atoms with Crippen molar-refractivity contribution in [2.45, 2.75) is 25.3 Å². The molecule has 1 heterocycles. The molecule has 1 saturated carbocycles. The number of hydrogen-bond donors (Lipinski definition) is 1. The van der Waals surface area contributed by atoms with Gasteiger partial charge in [-0.1, -0.05) is 12.1 Å². The molecule has 3 aromatic rings. The molecule has 0 bridgehead atoms. The Hall–Kier alpha value is -2.36. The number of nitrogens with zero attached hydrogens (tertiary/aromatic N) is 2. The van der Waals surface area contributed by atoms with Crippen molar-refractivity contribution < 1.29 is 4.39 Å². The number of imidazole rings is 1. The zero-order valence-electron chi connectivity index (χ0n) is 11.6. The van der Waals surface area contributed by atoms with Gasteiger partial charge in [0.1, 0.15) is 11.6 Å². The van der Waals surface area contributed by atoms with Crippen LogP contribution in [0.4, 0.5) is 10.1 Å². The molecule has 0 saturated heterocycles. The first kappa shape index (κ1) is 12.4. The average molecular weight is 281 g/mol. The molecule has 1 aliphatic rings. The van der Waals surface area contributed by atoms with E-state index in [9.17, 15) is 4.39 Å². The third-order valence-electron chi connectivity index (χ3n) is 3.95. The lowest BCUT2D eigenvalue weighted by molar-refractivity contribution is 0.629. The van der Waals surface area contributed by atoms with Gasteiger partial charge in [-0.05, 0) is 42.7 Å². The molecular formula is C17H16FN3. The molecule has 1 aromatic heterocycles. The van der Waals surface area contributed by atoms with Gasteiger partial charge in [-0.15, -0.1) is 0 Å². The topological polar surface area (TPSA) is 43.8 Å². The number of rotatable bonds is 3. The first-order chi connectivity index (χ1) is 10.2. The Morgan fingerprint density at radius 2 is 2.05 bits per heavy atom. The van der Waals surface area contributed by atoms with Crippen molar-refractivity contribution in [3.05, 3.63) is 59.7 Å². The number of nitrogen functional groups attached to an aromatic ring is 1. The lowest BCUT2D eigenvalue weighted by Crippen LogP contribution is -2.02. The molecule has 1 fully saturated rings. The fourth-order valence-corrected chi connectivity index (χ4v) is 2.87. The second kappa shape index (κ2) is 4.58. The summed E-state index contributed by atoms with van der Waals surface area (Å²) < 4.78 is 15.7. The molecule has 0 atom stereocenters. The highest BCUT2D eigenvalue weighted by molar-refractivity contribution is 5.76. The molecule has 0 aliphatic heterocycles. The van der Waals surface area contributed by atoms with Gasteiger partial charge in [0.2, 0.25) is 0 Å². The Morgan fingerprint density at radius 1 is 1.19 bits per heavy atom. The minimum Gasteiger partial charge on any atom is -0.399 e. The Kier molecular flexibility index (Phi) is 2.70. The largest absolute Gasteiger partial charge is 0.399 e. The number of anilines is 1. The predicted molar refractivity (Wildman–Crippen MR) is 81.6 cm³/mol. The fraction of sp³-hybridized carbons (Fsp3) is 0.235. The van der Waals surface area contributed by atoms with E-state index in [1.54, 1.807) is 0 Å². The van der Waals surface area contributed by atoms with Crippen LogP contribution in [0, 0.1) is 5.82 Å². The molecule has 0 unspecified atom stereocenters. The third-order valence-corrected chi connectivity index (χ3v) is 3.95.